The van der Waals surface area contributed by atoms with Gasteiger partial charge in [0.2, 0.25) is 0 Å². The average molecular weight is 500 g/mol. The summed E-state index contributed by atoms with van der Waals surface area (Å²) in [5.41, 5.74) is 3.71. The quantitative estimate of drug-likeness (QED) is 0.302. The second-order valence-corrected chi connectivity index (χ2v) is 8.56. The van der Waals surface area contributed by atoms with Gasteiger partial charge in [-0.3, -0.25) is 19.8 Å². The highest BCUT2D eigenvalue weighted by Gasteiger charge is 2.36. The van der Waals surface area contributed by atoms with Crippen molar-refractivity contribution >= 4 is 64.1 Å². The second kappa shape index (κ2) is 9.02. The Morgan fingerprint density at radius 2 is 1.76 bits per heavy atom. The second-order valence-electron chi connectivity index (χ2n) is 7.39. The highest BCUT2D eigenvalue weighted by atomic mass is 35.5. The molecular weight excluding hydrogens is 481 g/mol. The Kier molecular flexibility index (Phi) is 6.30. The molecule has 4 rings (SSSR count). The Hall–Kier alpha value is -3.13. The van der Waals surface area contributed by atoms with Crippen molar-refractivity contribution in [1.29, 1.82) is 0 Å². The minimum atomic E-state index is -0.581. The first kappa shape index (κ1) is 23.0. The van der Waals surface area contributed by atoms with Crippen molar-refractivity contribution in [3.05, 3.63) is 81.1 Å². The van der Waals surface area contributed by atoms with Gasteiger partial charge in [0.15, 0.2) is 5.11 Å². The topological polar surface area (TPSA) is 63.6 Å². The third kappa shape index (κ3) is 4.15. The number of rotatable bonds is 4. The molecule has 6 nitrogen and oxygen atoms in total. The first-order valence-corrected chi connectivity index (χ1v) is 11.1. The fourth-order valence-electron chi connectivity index (χ4n) is 3.76. The molecule has 1 aliphatic heterocycles. The monoisotopic (exact) mass is 499 g/mol. The molecule has 1 N–H and O–H groups in total. The van der Waals surface area contributed by atoms with Gasteiger partial charge in [-0.1, -0.05) is 29.3 Å². The maximum atomic E-state index is 13.3. The predicted octanol–water partition coefficient (Wildman–Crippen LogP) is 5.24. The molecule has 0 saturated carbocycles. The van der Waals surface area contributed by atoms with E-state index in [4.69, 9.17) is 40.2 Å². The Morgan fingerprint density at radius 3 is 2.42 bits per heavy atom. The van der Waals surface area contributed by atoms with Crippen LogP contribution in [0.2, 0.25) is 10.0 Å². The van der Waals surface area contributed by atoms with Crippen LogP contribution in [0, 0.1) is 13.8 Å². The van der Waals surface area contributed by atoms with Crippen LogP contribution in [0.3, 0.4) is 0 Å². The molecule has 0 aliphatic carbocycles. The van der Waals surface area contributed by atoms with Crippen LogP contribution in [-0.2, 0) is 9.59 Å². The van der Waals surface area contributed by atoms with Crippen molar-refractivity contribution in [3.63, 3.8) is 0 Å². The number of aryl methyl sites for hydroxylation is 1. The van der Waals surface area contributed by atoms with Crippen molar-refractivity contribution < 1.29 is 14.3 Å². The number of nitrogens with one attached hydrogen (secondary N) is 1. The Labute approximate surface area is 206 Å². The van der Waals surface area contributed by atoms with Crippen LogP contribution >= 0.6 is 35.4 Å². The van der Waals surface area contributed by atoms with Gasteiger partial charge < -0.3 is 9.30 Å². The fraction of sp³-hybridized carbons (Fsp3) is 0.125. The molecule has 1 aliphatic rings. The summed E-state index contributed by atoms with van der Waals surface area (Å²) in [6.45, 7) is 3.88. The van der Waals surface area contributed by atoms with E-state index in [0.717, 1.165) is 28.4 Å². The first-order valence-electron chi connectivity index (χ1n) is 9.91. The Morgan fingerprint density at radius 1 is 1.06 bits per heavy atom. The van der Waals surface area contributed by atoms with E-state index >= 15 is 0 Å². The summed E-state index contributed by atoms with van der Waals surface area (Å²) < 4.78 is 7.27. The number of thiocarbonyl (C=S) groups is 1. The zero-order valence-corrected chi connectivity index (χ0v) is 20.3. The highest BCUT2D eigenvalue weighted by Crippen LogP contribution is 2.34. The minimum absolute atomic E-state index is 0.0602. The molecule has 1 fully saturated rings. The first-order chi connectivity index (χ1) is 15.7. The Balaban J connectivity index is 1.76. The van der Waals surface area contributed by atoms with Crippen LogP contribution < -0.4 is 15.0 Å². The van der Waals surface area contributed by atoms with Gasteiger partial charge in [-0.25, -0.2) is 0 Å². The lowest BCUT2D eigenvalue weighted by molar-refractivity contribution is -0.122. The van der Waals surface area contributed by atoms with Gasteiger partial charge in [0.05, 0.1) is 22.8 Å². The highest BCUT2D eigenvalue weighted by molar-refractivity contribution is 7.80. The van der Waals surface area contributed by atoms with Gasteiger partial charge in [-0.15, -0.1) is 0 Å². The zero-order valence-electron chi connectivity index (χ0n) is 18.0. The fourth-order valence-corrected chi connectivity index (χ4v) is 4.41. The van der Waals surface area contributed by atoms with Crippen LogP contribution in [0.15, 0.2) is 54.1 Å². The predicted molar refractivity (Wildman–Crippen MR) is 134 cm³/mol. The van der Waals surface area contributed by atoms with Crippen LogP contribution in [0.1, 0.15) is 17.0 Å². The van der Waals surface area contributed by atoms with Crippen LogP contribution in [-0.4, -0.2) is 28.6 Å². The molecule has 2 aromatic carbocycles. The summed E-state index contributed by atoms with van der Waals surface area (Å²) in [4.78, 5) is 27.2. The number of amides is 2. The molecule has 1 saturated heterocycles. The van der Waals surface area contributed by atoms with Crippen LogP contribution in [0.25, 0.3) is 11.8 Å². The molecule has 168 valence electrons. The molecular formula is C24H19Cl2N3O3S. The van der Waals surface area contributed by atoms with E-state index in [1.165, 1.54) is 4.90 Å². The van der Waals surface area contributed by atoms with Gasteiger partial charge in [-0.05, 0) is 80.2 Å². The summed E-state index contributed by atoms with van der Waals surface area (Å²) in [7, 11) is 1.61. The lowest BCUT2D eigenvalue weighted by Crippen LogP contribution is -2.54. The number of halogens is 2. The molecule has 9 heteroatoms. The lowest BCUT2D eigenvalue weighted by Gasteiger charge is -2.29. The lowest BCUT2D eigenvalue weighted by atomic mass is 10.1. The van der Waals surface area contributed by atoms with Gasteiger partial charge in [-0.2, -0.15) is 0 Å². The maximum absolute atomic E-state index is 13.3. The average Bonchev–Trinajstić information content (AvgIpc) is 3.06. The van der Waals surface area contributed by atoms with Crippen molar-refractivity contribution in [1.82, 2.24) is 9.88 Å². The number of methoxy groups -OCH3 is 1. The largest absolute Gasteiger partial charge is 0.497 e. The van der Waals surface area contributed by atoms with E-state index in [0.29, 0.717) is 5.69 Å². The van der Waals surface area contributed by atoms with Gasteiger partial charge in [0.25, 0.3) is 11.8 Å². The molecule has 0 spiro atoms. The maximum Gasteiger partial charge on any atom is 0.270 e. The molecule has 1 aromatic heterocycles. The molecule has 0 bridgehead atoms. The zero-order chi connectivity index (χ0) is 23.9. The van der Waals surface area contributed by atoms with Crippen LogP contribution in [0.5, 0.6) is 5.75 Å². The number of carbonyl (C=O) groups excluding carboxylic acids is 2. The van der Waals surface area contributed by atoms with Crippen LogP contribution in [0.4, 0.5) is 5.69 Å². The van der Waals surface area contributed by atoms with E-state index in [2.05, 4.69) is 5.32 Å². The van der Waals surface area contributed by atoms with E-state index in [9.17, 15) is 9.59 Å². The summed E-state index contributed by atoms with van der Waals surface area (Å²) in [5, 5.41) is 2.95. The smallest absolute Gasteiger partial charge is 0.270 e. The number of hydrogen-bond donors (Lipinski definition) is 1. The molecule has 0 radical (unpaired) electrons. The van der Waals surface area contributed by atoms with Crippen molar-refractivity contribution in [2.45, 2.75) is 13.8 Å². The van der Waals surface area contributed by atoms with Gasteiger partial charge in [0, 0.05) is 17.1 Å². The molecule has 0 unspecified atom stereocenters. The third-order valence-corrected chi connectivity index (χ3v) is 6.47. The summed E-state index contributed by atoms with van der Waals surface area (Å²) in [6, 6.07) is 14.4. The van der Waals surface area contributed by atoms with E-state index in [1.807, 2.05) is 48.7 Å². The standard InChI is InChI=1S/C24H19Cl2N3O3S/c1-13-11-15(14(2)28(13)16-7-9-17(32-3)10-8-16)12-18-22(30)27-24(33)29(23(18)31)20-6-4-5-19(25)21(20)26/h4-12H,1-3H3,(H,27,30,33)/b18-12+. The summed E-state index contributed by atoms with van der Waals surface area (Å²) in [6.07, 6.45) is 1.56. The van der Waals surface area contributed by atoms with Crippen molar-refractivity contribution in [2.75, 3.05) is 12.0 Å². The SMILES string of the molecule is COc1ccc(-n2c(C)cc(/C=C3\C(=O)NC(=S)N(c4cccc(Cl)c4Cl)C3=O)c2C)cc1. The van der Waals surface area contributed by atoms with E-state index < -0.39 is 11.8 Å². The minimum Gasteiger partial charge on any atom is -0.497 e. The molecule has 0 atom stereocenters. The number of anilines is 1. The molecule has 2 heterocycles. The number of hydrogen-bond acceptors (Lipinski definition) is 4. The van der Waals surface area contributed by atoms with Gasteiger partial charge >= 0.3 is 0 Å². The normalized spacial score (nSPS) is 15.2. The van der Waals surface area contributed by atoms with E-state index in [-0.39, 0.29) is 20.7 Å². The molecule has 33 heavy (non-hydrogen) atoms. The Bertz CT molecular complexity index is 1330. The molecule has 3 aromatic rings. The number of ether oxygens (including phenoxy) is 1. The number of aromatic nitrogens is 1. The number of carbonyl (C=O) groups is 2. The number of benzene rings is 2. The van der Waals surface area contributed by atoms with E-state index in [1.54, 1.807) is 31.4 Å². The summed E-state index contributed by atoms with van der Waals surface area (Å²) >= 11 is 17.7. The van der Waals surface area contributed by atoms with Crippen molar-refractivity contribution in [3.8, 4) is 11.4 Å². The van der Waals surface area contributed by atoms with Crippen molar-refractivity contribution in [2.24, 2.45) is 0 Å². The third-order valence-electron chi connectivity index (χ3n) is 5.37. The van der Waals surface area contributed by atoms with Gasteiger partial charge in [0.1, 0.15) is 11.3 Å². The summed E-state index contributed by atoms with van der Waals surface area (Å²) in [5.74, 6) is -0.403. The number of nitrogens with zero attached hydrogens (tertiary/aromatic N) is 2. The molecule has 2 amide bonds.